The molecule has 0 unspecified atom stereocenters. The molecule has 128 valence electrons. The van der Waals surface area contributed by atoms with Gasteiger partial charge in [0.2, 0.25) is 5.91 Å². The molecule has 0 saturated carbocycles. The number of aryl methyl sites for hydroxylation is 1. The van der Waals surface area contributed by atoms with Crippen LogP contribution in [0.15, 0.2) is 48.5 Å². The third-order valence-corrected chi connectivity index (χ3v) is 3.66. The maximum absolute atomic E-state index is 12.0. The highest BCUT2D eigenvalue weighted by Crippen LogP contribution is 2.23. The quantitative estimate of drug-likeness (QED) is 0.692. The number of hydrogen-bond donors (Lipinski definition) is 1. The van der Waals surface area contributed by atoms with Crippen molar-refractivity contribution in [2.45, 2.75) is 32.6 Å². The Morgan fingerprint density at radius 2 is 1.83 bits per heavy atom. The molecule has 2 aromatic carbocycles. The lowest BCUT2D eigenvalue weighted by atomic mass is 10.1. The number of rotatable bonds is 9. The number of ether oxygens (including phenoxy) is 2. The Bertz CT molecular complexity index is 638. The molecule has 0 aliphatic heterocycles. The maximum atomic E-state index is 12.0. The van der Waals surface area contributed by atoms with Gasteiger partial charge >= 0.3 is 0 Å². The van der Waals surface area contributed by atoms with E-state index in [1.165, 1.54) is 5.56 Å². The molecule has 1 amide bonds. The van der Waals surface area contributed by atoms with Gasteiger partial charge in [-0.25, -0.2) is 0 Å². The highest BCUT2D eigenvalue weighted by atomic mass is 16.5. The van der Waals surface area contributed by atoms with E-state index < -0.39 is 0 Å². The molecule has 0 spiro atoms. The van der Waals surface area contributed by atoms with Crippen molar-refractivity contribution in [1.82, 2.24) is 0 Å². The SMILES string of the molecule is CCCc1ccc(OCCCC(=O)Nc2ccccc2OC)cc1. The zero-order chi connectivity index (χ0) is 17.2. The van der Waals surface area contributed by atoms with Crippen molar-refractivity contribution in [2.24, 2.45) is 0 Å². The first-order valence-electron chi connectivity index (χ1n) is 8.37. The number of amides is 1. The molecule has 24 heavy (non-hydrogen) atoms. The van der Waals surface area contributed by atoms with Gasteiger partial charge in [-0.15, -0.1) is 0 Å². The second-order valence-electron chi connectivity index (χ2n) is 5.59. The smallest absolute Gasteiger partial charge is 0.224 e. The van der Waals surface area contributed by atoms with E-state index in [4.69, 9.17) is 9.47 Å². The summed E-state index contributed by atoms with van der Waals surface area (Å²) in [6, 6.07) is 15.5. The van der Waals surface area contributed by atoms with Crippen LogP contribution in [0, 0.1) is 0 Å². The summed E-state index contributed by atoms with van der Waals surface area (Å²) < 4.78 is 10.9. The van der Waals surface area contributed by atoms with Crippen molar-refractivity contribution >= 4 is 11.6 Å². The maximum Gasteiger partial charge on any atom is 0.224 e. The molecule has 1 N–H and O–H groups in total. The van der Waals surface area contributed by atoms with Gasteiger partial charge in [0.1, 0.15) is 11.5 Å². The number of methoxy groups -OCH3 is 1. The summed E-state index contributed by atoms with van der Waals surface area (Å²) in [6.45, 7) is 2.69. The van der Waals surface area contributed by atoms with E-state index in [2.05, 4.69) is 24.4 Å². The molecule has 2 aromatic rings. The zero-order valence-corrected chi connectivity index (χ0v) is 14.4. The minimum atomic E-state index is -0.0404. The van der Waals surface area contributed by atoms with E-state index in [-0.39, 0.29) is 5.91 Å². The van der Waals surface area contributed by atoms with E-state index >= 15 is 0 Å². The Morgan fingerprint density at radius 3 is 2.54 bits per heavy atom. The van der Waals surface area contributed by atoms with Crippen LogP contribution in [-0.4, -0.2) is 19.6 Å². The average molecular weight is 327 g/mol. The third kappa shape index (κ3) is 5.61. The first-order chi connectivity index (χ1) is 11.7. The van der Waals surface area contributed by atoms with Crippen molar-refractivity contribution in [2.75, 3.05) is 19.0 Å². The molecular weight excluding hydrogens is 302 g/mol. The van der Waals surface area contributed by atoms with Crippen LogP contribution in [0.2, 0.25) is 0 Å². The first kappa shape index (κ1) is 17.9. The summed E-state index contributed by atoms with van der Waals surface area (Å²) in [5.74, 6) is 1.47. The predicted octanol–water partition coefficient (Wildman–Crippen LogP) is 4.45. The van der Waals surface area contributed by atoms with Gasteiger partial charge < -0.3 is 14.8 Å². The molecule has 0 bridgehead atoms. The van der Waals surface area contributed by atoms with E-state index in [0.717, 1.165) is 18.6 Å². The minimum Gasteiger partial charge on any atom is -0.495 e. The molecule has 0 aliphatic rings. The first-order valence-corrected chi connectivity index (χ1v) is 8.37. The number of carbonyl (C=O) groups is 1. The van der Waals surface area contributed by atoms with Crippen molar-refractivity contribution in [3.63, 3.8) is 0 Å². The van der Waals surface area contributed by atoms with Gasteiger partial charge in [-0.2, -0.15) is 0 Å². The second-order valence-corrected chi connectivity index (χ2v) is 5.59. The molecule has 0 aromatic heterocycles. The normalized spacial score (nSPS) is 10.2. The van der Waals surface area contributed by atoms with Crippen LogP contribution in [0.25, 0.3) is 0 Å². The van der Waals surface area contributed by atoms with Crippen molar-refractivity contribution < 1.29 is 14.3 Å². The lowest BCUT2D eigenvalue weighted by Crippen LogP contribution is -2.13. The zero-order valence-electron chi connectivity index (χ0n) is 14.4. The van der Waals surface area contributed by atoms with Gasteiger partial charge in [-0.1, -0.05) is 37.6 Å². The average Bonchev–Trinajstić information content (AvgIpc) is 2.61. The van der Waals surface area contributed by atoms with Crippen molar-refractivity contribution in [3.05, 3.63) is 54.1 Å². The lowest BCUT2D eigenvalue weighted by molar-refractivity contribution is -0.116. The highest BCUT2D eigenvalue weighted by Gasteiger charge is 2.06. The Balaban J connectivity index is 1.71. The van der Waals surface area contributed by atoms with Gasteiger partial charge in [0.05, 0.1) is 19.4 Å². The largest absolute Gasteiger partial charge is 0.495 e. The number of carbonyl (C=O) groups excluding carboxylic acids is 1. The standard InChI is InChI=1S/C20H25NO3/c1-3-7-16-11-13-17(14-12-16)24-15-6-10-20(22)21-18-8-4-5-9-19(18)23-2/h4-5,8-9,11-14H,3,6-7,10,15H2,1-2H3,(H,21,22). The van der Waals surface area contributed by atoms with Crippen LogP contribution in [0.4, 0.5) is 5.69 Å². The Hall–Kier alpha value is -2.49. The van der Waals surface area contributed by atoms with Gasteiger partial charge in [0, 0.05) is 6.42 Å². The number of benzene rings is 2. The van der Waals surface area contributed by atoms with Crippen molar-refractivity contribution in [3.8, 4) is 11.5 Å². The summed E-state index contributed by atoms with van der Waals surface area (Å²) in [6.07, 6.45) is 3.30. The number of anilines is 1. The lowest BCUT2D eigenvalue weighted by Gasteiger charge is -2.10. The fourth-order valence-electron chi connectivity index (χ4n) is 2.42. The topological polar surface area (TPSA) is 47.6 Å². The fourth-order valence-corrected chi connectivity index (χ4v) is 2.42. The molecule has 2 rings (SSSR count). The second kappa shape index (κ2) is 9.60. The van der Waals surface area contributed by atoms with Gasteiger partial charge in [-0.3, -0.25) is 4.79 Å². The van der Waals surface area contributed by atoms with Crippen LogP contribution in [0.1, 0.15) is 31.7 Å². The summed E-state index contributed by atoms with van der Waals surface area (Å²) in [4.78, 5) is 12.0. The minimum absolute atomic E-state index is 0.0404. The molecule has 0 atom stereocenters. The number of hydrogen-bond acceptors (Lipinski definition) is 3. The van der Waals surface area contributed by atoms with E-state index in [1.807, 2.05) is 36.4 Å². The Kier molecular flexibility index (Phi) is 7.15. The molecule has 4 nitrogen and oxygen atoms in total. The molecule has 0 saturated heterocycles. The molecule has 0 fully saturated rings. The molecule has 0 heterocycles. The Morgan fingerprint density at radius 1 is 1.08 bits per heavy atom. The van der Waals surface area contributed by atoms with Gasteiger partial charge in [0.25, 0.3) is 0 Å². The van der Waals surface area contributed by atoms with E-state index in [0.29, 0.717) is 30.9 Å². The molecule has 0 aliphatic carbocycles. The van der Waals surface area contributed by atoms with Crippen molar-refractivity contribution in [1.29, 1.82) is 0 Å². The van der Waals surface area contributed by atoms with E-state index in [1.54, 1.807) is 7.11 Å². The fraction of sp³-hybridized carbons (Fsp3) is 0.350. The van der Waals surface area contributed by atoms with Crippen LogP contribution in [0.5, 0.6) is 11.5 Å². The van der Waals surface area contributed by atoms with Crippen LogP contribution in [-0.2, 0) is 11.2 Å². The molecule has 0 radical (unpaired) electrons. The van der Waals surface area contributed by atoms with Crippen LogP contribution < -0.4 is 14.8 Å². The monoisotopic (exact) mass is 327 g/mol. The van der Waals surface area contributed by atoms with Crippen LogP contribution in [0.3, 0.4) is 0 Å². The molecule has 4 heteroatoms. The predicted molar refractivity (Wildman–Crippen MR) is 96.8 cm³/mol. The Labute approximate surface area is 143 Å². The third-order valence-electron chi connectivity index (χ3n) is 3.66. The highest BCUT2D eigenvalue weighted by molar-refractivity contribution is 5.92. The summed E-state index contributed by atoms with van der Waals surface area (Å²) in [5.41, 5.74) is 2.01. The van der Waals surface area contributed by atoms with Gasteiger partial charge in [-0.05, 0) is 42.7 Å². The summed E-state index contributed by atoms with van der Waals surface area (Å²) >= 11 is 0. The summed E-state index contributed by atoms with van der Waals surface area (Å²) in [7, 11) is 1.59. The number of nitrogens with one attached hydrogen (secondary N) is 1. The molecular formula is C20H25NO3. The van der Waals surface area contributed by atoms with Crippen LogP contribution >= 0.6 is 0 Å². The summed E-state index contributed by atoms with van der Waals surface area (Å²) in [5, 5.41) is 2.86. The van der Waals surface area contributed by atoms with Gasteiger partial charge in [0.15, 0.2) is 0 Å². The van der Waals surface area contributed by atoms with E-state index in [9.17, 15) is 4.79 Å². The number of para-hydroxylation sites is 2.